The first-order chi connectivity index (χ1) is 8.74. The van der Waals surface area contributed by atoms with Crippen LogP contribution < -0.4 is 0 Å². The van der Waals surface area contributed by atoms with Crippen molar-refractivity contribution in [3.05, 3.63) is 0 Å². The molecule has 0 radical (unpaired) electrons. The second kappa shape index (κ2) is 5.15. The van der Waals surface area contributed by atoms with E-state index in [1.807, 2.05) is 0 Å². The van der Waals surface area contributed by atoms with Gasteiger partial charge in [-0.1, -0.05) is 0 Å². The molecule has 0 saturated carbocycles. The van der Waals surface area contributed by atoms with Gasteiger partial charge in [0.05, 0.1) is 19.6 Å². The van der Waals surface area contributed by atoms with Gasteiger partial charge in [0.25, 0.3) is 0 Å². The van der Waals surface area contributed by atoms with Gasteiger partial charge in [-0.25, -0.2) is 0 Å². The average molecular weight is 254 g/mol. The van der Waals surface area contributed by atoms with Crippen molar-refractivity contribution in [2.45, 2.75) is 31.3 Å². The van der Waals surface area contributed by atoms with Crippen LogP contribution in [0.1, 0.15) is 19.3 Å². The highest BCUT2D eigenvalue weighted by molar-refractivity contribution is 5.67. The molecule has 0 aromatic heterocycles. The Kier molecular flexibility index (Phi) is 3.54. The largest absolute Gasteiger partial charge is 0.481 e. The number of carbonyl (C=O) groups is 1. The summed E-state index contributed by atoms with van der Waals surface area (Å²) in [6.07, 6.45) is 2.69. The standard InChI is InChI=1S/C13H22N2O3/c16-13(17)7-11-9-18-6-5-15(11)12-2-4-14-3-1-10(12)8-14/h10-12H,1-9H2,(H,16,17). The monoisotopic (exact) mass is 254 g/mol. The summed E-state index contributed by atoms with van der Waals surface area (Å²) in [5, 5.41) is 9.02. The average Bonchev–Trinajstić information content (AvgIpc) is 2.72. The fourth-order valence-electron chi connectivity index (χ4n) is 3.85. The maximum absolute atomic E-state index is 11.0. The molecule has 5 nitrogen and oxygen atoms in total. The molecule has 4 atom stereocenters. The summed E-state index contributed by atoms with van der Waals surface area (Å²) in [5.41, 5.74) is 0. The van der Waals surface area contributed by atoms with E-state index < -0.39 is 5.97 Å². The van der Waals surface area contributed by atoms with Gasteiger partial charge in [0, 0.05) is 25.2 Å². The van der Waals surface area contributed by atoms with Crippen molar-refractivity contribution in [1.29, 1.82) is 0 Å². The molecular formula is C13H22N2O3. The third-order valence-electron chi connectivity index (χ3n) is 4.70. The zero-order chi connectivity index (χ0) is 12.5. The summed E-state index contributed by atoms with van der Waals surface area (Å²) in [6, 6.07) is 0.658. The van der Waals surface area contributed by atoms with Gasteiger partial charge in [-0.15, -0.1) is 0 Å². The van der Waals surface area contributed by atoms with E-state index in [2.05, 4.69) is 9.80 Å². The molecule has 0 spiro atoms. The van der Waals surface area contributed by atoms with Crippen LogP contribution in [0.4, 0.5) is 0 Å². The van der Waals surface area contributed by atoms with Gasteiger partial charge in [0.1, 0.15) is 0 Å². The molecule has 3 aliphatic heterocycles. The van der Waals surface area contributed by atoms with Crippen LogP contribution in [0.25, 0.3) is 0 Å². The van der Waals surface area contributed by atoms with Crippen LogP contribution in [0.2, 0.25) is 0 Å². The van der Waals surface area contributed by atoms with E-state index in [9.17, 15) is 4.79 Å². The Morgan fingerprint density at radius 2 is 2.11 bits per heavy atom. The first kappa shape index (κ1) is 12.4. The molecule has 0 aliphatic carbocycles. The number of carboxylic acids is 1. The Hall–Kier alpha value is -0.650. The molecule has 0 aromatic carbocycles. The maximum Gasteiger partial charge on any atom is 0.305 e. The number of fused-ring (bicyclic) bond motifs is 2. The van der Waals surface area contributed by atoms with Crippen LogP contribution in [0, 0.1) is 5.92 Å². The molecule has 3 saturated heterocycles. The highest BCUT2D eigenvalue weighted by Gasteiger charge is 2.40. The predicted octanol–water partition coefficient (Wildman–Crippen LogP) is 0.256. The Labute approximate surface area is 108 Å². The van der Waals surface area contributed by atoms with Gasteiger partial charge in [-0.2, -0.15) is 0 Å². The molecule has 1 N–H and O–H groups in total. The minimum atomic E-state index is -0.709. The topological polar surface area (TPSA) is 53.0 Å². The van der Waals surface area contributed by atoms with E-state index in [4.69, 9.17) is 9.84 Å². The number of hydrogen-bond donors (Lipinski definition) is 1. The van der Waals surface area contributed by atoms with E-state index >= 15 is 0 Å². The number of aliphatic carboxylic acids is 1. The highest BCUT2D eigenvalue weighted by atomic mass is 16.5. The quantitative estimate of drug-likeness (QED) is 0.783. The van der Waals surface area contributed by atoms with E-state index in [-0.39, 0.29) is 12.5 Å². The molecule has 5 heteroatoms. The number of hydrogen-bond acceptors (Lipinski definition) is 4. The number of morpholine rings is 1. The number of carboxylic acid groups (broad SMARTS) is 1. The van der Waals surface area contributed by atoms with Crippen LogP contribution in [0.5, 0.6) is 0 Å². The van der Waals surface area contributed by atoms with Gasteiger partial charge in [-0.05, 0) is 31.8 Å². The third-order valence-corrected chi connectivity index (χ3v) is 4.70. The van der Waals surface area contributed by atoms with Crippen molar-refractivity contribution in [3.63, 3.8) is 0 Å². The molecule has 0 aromatic rings. The SMILES string of the molecule is O=C(O)CC1COCCN1C1CCN2CCC1C2. The van der Waals surface area contributed by atoms with Crippen molar-refractivity contribution < 1.29 is 14.6 Å². The molecular weight excluding hydrogens is 232 g/mol. The van der Waals surface area contributed by atoms with Gasteiger partial charge < -0.3 is 14.7 Å². The van der Waals surface area contributed by atoms with Crippen LogP contribution in [-0.4, -0.2) is 72.4 Å². The fourth-order valence-corrected chi connectivity index (χ4v) is 3.85. The van der Waals surface area contributed by atoms with Crippen molar-refractivity contribution >= 4 is 5.97 Å². The number of piperidine rings is 1. The lowest BCUT2D eigenvalue weighted by atomic mass is 9.90. The van der Waals surface area contributed by atoms with Gasteiger partial charge in [-0.3, -0.25) is 9.69 Å². The van der Waals surface area contributed by atoms with Gasteiger partial charge in [0.15, 0.2) is 0 Å². The summed E-state index contributed by atoms with van der Waals surface area (Å²) in [4.78, 5) is 15.9. The minimum Gasteiger partial charge on any atom is -0.481 e. The smallest absolute Gasteiger partial charge is 0.305 e. The van der Waals surface area contributed by atoms with Crippen LogP contribution >= 0.6 is 0 Å². The fraction of sp³-hybridized carbons (Fsp3) is 0.923. The summed E-state index contributed by atoms with van der Waals surface area (Å²) in [6.45, 7) is 5.86. The molecule has 3 heterocycles. The lowest BCUT2D eigenvalue weighted by Crippen LogP contribution is -2.56. The lowest BCUT2D eigenvalue weighted by Gasteiger charge is -2.45. The van der Waals surface area contributed by atoms with Crippen LogP contribution in [0.15, 0.2) is 0 Å². The Morgan fingerprint density at radius 1 is 1.28 bits per heavy atom. The summed E-state index contributed by atoms with van der Waals surface area (Å²) in [7, 11) is 0. The number of nitrogens with zero attached hydrogens (tertiary/aromatic N) is 2. The van der Waals surface area contributed by atoms with E-state index in [0.29, 0.717) is 12.6 Å². The Bertz CT molecular complexity index is 323. The zero-order valence-corrected chi connectivity index (χ0v) is 10.8. The Balaban J connectivity index is 1.69. The molecule has 2 bridgehead atoms. The maximum atomic E-state index is 11.0. The molecule has 102 valence electrons. The van der Waals surface area contributed by atoms with Crippen molar-refractivity contribution in [1.82, 2.24) is 9.80 Å². The van der Waals surface area contributed by atoms with Crippen molar-refractivity contribution in [3.8, 4) is 0 Å². The van der Waals surface area contributed by atoms with Crippen molar-refractivity contribution in [2.24, 2.45) is 5.92 Å². The first-order valence-corrected chi connectivity index (χ1v) is 7.01. The Morgan fingerprint density at radius 3 is 2.94 bits per heavy atom. The first-order valence-electron chi connectivity index (χ1n) is 7.01. The number of ether oxygens (including phenoxy) is 1. The van der Waals surface area contributed by atoms with Crippen molar-refractivity contribution in [2.75, 3.05) is 39.4 Å². The van der Waals surface area contributed by atoms with E-state index in [1.54, 1.807) is 0 Å². The van der Waals surface area contributed by atoms with E-state index in [1.165, 1.54) is 32.5 Å². The molecule has 18 heavy (non-hydrogen) atoms. The van der Waals surface area contributed by atoms with Crippen LogP contribution in [0.3, 0.4) is 0 Å². The zero-order valence-electron chi connectivity index (χ0n) is 10.8. The normalized spacial score (nSPS) is 40.9. The van der Waals surface area contributed by atoms with Gasteiger partial charge in [0.2, 0.25) is 0 Å². The molecule has 3 aliphatic rings. The lowest BCUT2D eigenvalue weighted by molar-refractivity contribution is -0.141. The van der Waals surface area contributed by atoms with Gasteiger partial charge >= 0.3 is 5.97 Å². The summed E-state index contributed by atoms with van der Waals surface area (Å²) in [5.74, 6) is 0.0347. The summed E-state index contributed by atoms with van der Waals surface area (Å²) >= 11 is 0. The molecule has 0 amide bonds. The number of rotatable bonds is 3. The van der Waals surface area contributed by atoms with E-state index in [0.717, 1.165) is 19.1 Å². The predicted molar refractivity (Wildman–Crippen MR) is 66.5 cm³/mol. The third kappa shape index (κ3) is 2.39. The molecule has 4 unspecified atom stereocenters. The molecule has 3 fully saturated rings. The van der Waals surface area contributed by atoms with Crippen LogP contribution in [-0.2, 0) is 9.53 Å². The second-order valence-corrected chi connectivity index (χ2v) is 5.77. The minimum absolute atomic E-state index is 0.0772. The second-order valence-electron chi connectivity index (χ2n) is 5.77. The highest BCUT2D eigenvalue weighted by Crippen LogP contribution is 2.32. The molecule has 3 rings (SSSR count). The summed E-state index contributed by atoms with van der Waals surface area (Å²) < 4.78 is 5.47.